The summed E-state index contributed by atoms with van der Waals surface area (Å²) in [5.74, 6) is 0.958. The van der Waals surface area contributed by atoms with E-state index in [-0.39, 0.29) is 0 Å². The van der Waals surface area contributed by atoms with E-state index in [9.17, 15) is 0 Å². The van der Waals surface area contributed by atoms with Gasteiger partial charge in [0, 0.05) is 18.6 Å². The van der Waals surface area contributed by atoms with Crippen molar-refractivity contribution in [2.45, 2.75) is 51.6 Å². The molecular weight excluding hydrogens is 172 g/mol. The van der Waals surface area contributed by atoms with Gasteiger partial charge in [0.15, 0.2) is 0 Å². The summed E-state index contributed by atoms with van der Waals surface area (Å²) in [6.45, 7) is 5.78. The zero-order valence-electron chi connectivity index (χ0n) is 10.2. The monoisotopic (exact) mass is 198 g/mol. The first-order chi connectivity index (χ1) is 6.59. The summed E-state index contributed by atoms with van der Waals surface area (Å²) in [4.78, 5) is 2.28. The SMILES string of the molecule is CC1CCC(NCC(C)N(C)C)CC1. The van der Waals surface area contributed by atoms with E-state index in [0.717, 1.165) is 18.5 Å². The van der Waals surface area contributed by atoms with Crippen molar-refractivity contribution < 1.29 is 0 Å². The molecule has 0 aliphatic heterocycles. The molecule has 0 aromatic heterocycles. The average Bonchev–Trinajstić information content (AvgIpc) is 2.16. The zero-order chi connectivity index (χ0) is 10.6. The molecule has 1 rings (SSSR count). The van der Waals surface area contributed by atoms with Crippen molar-refractivity contribution in [1.29, 1.82) is 0 Å². The molecule has 0 radical (unpaired) electrons. The van der Waals surface area contributed by atoms with Crippen LogP contribution >= 0.6 is 0 Å². The van der Waals surface area contributed by atoms with Gasteiger partial charge in [-0.1, -0.05) is 6.92 Å². The lowest BCUT2D eigenvalue weighted by atomic mass is 9.87. The first kappa shape index (κ1) is 12.0. The minimum absolute atomic E-state index is 0.648. The third-order valence-electron chi connectivity index (χ3n) is 3.60. The number of hydrogen-bond acceptors (Lipinski definition) is 2. The highest BCUT2D eigenvalue weighted by Gasteiger charge is 2.18. The molecule has 84 valence electrons. The first-order valence-corrected chi connectivity index (χ1v) is 5.99. The molecule has 1 aliphatic carbocycles. The van der Waals surface area contributed by atoms with Gasteiger partial charge in [-0.3, -0.25) is 0 Å². The Morgan fingerprint density at radius 2 is 1.79 bits per heavy atom. The predicted octanol–water partition coefficient (Wildman–Crippen LogP) is 2.10. The van der Waals surface area contributed by atoms with Crippen molar-refractivity contribution in [3.8, 4) is 0 Å². The Hall–Kier alpha value is -0.0800. The second-order valence-corrected chi connectivity index (χ2v) is 5.18. The molecule has 0 aromatic carbocycles. The van der Waals surface area contributed by atoms with Gasteiger partial charge < -0.3 is 10.2 Å². The summed E-state index contributed by atoms with van der Waals surface area (Å²) < 4.78 is 0. The van der Waals surface area contributed by atoms with Crippen LogP contribution in [0.15, 0.2) is 0 Å². The fourth-order valence-corrected chi connectivity index (χ4v) is 1.98. The van der Waals surface area contributed by atoms with E-state index in [1.54, 1.807) is 0 Å². The van der Waals surface area contributed by atoms with Crippen LogP contribution in [-0.4, -0.2) is 37.6 Å². The van der Waals surface area contributed by atoms with Crippen molar-refractivity contribution in [2.75, 3.05) is 20.6 Å². The molecule has 2 heteroatoms. The molecule has 1 N–H and O–H groups in total. The third kappa shape index (κ3) is 3.97. The van der Waals surface area contributed by atoms with Gasteiger partial charge in [-0.2, -0.15) is 0 Å². The van der Waals surface area contributed by atoms with Crippen LogP contribution in [-0.2, 0) is 0 Å². The Balaban J connectivity index is 2.13. The van der Waals surface area contributed by atoms with Crippen LogP contribution in [0.5, 0.6) is 0 Å². The van der Waals surface area contributed by atoms with Crippen LogP contribution in [0, 0.1) is 5.92 Å². The zero-order valence-corrected chi connectivity index (χ0v) is 10.2. The van der Waals surface area contributed by atoms with E-state index < -0.39 is 0 Å². The standard InChI is InChI=1S/C12H26N2/c1-10-5-7-12(8-6-10)13-9-11(2)14(3)4/h10-13H,5-9H2,1-4H3. The van der Waals surface area contributed by atoms with E-state index in [1.165, 1.54) is 25.7 Å². The van der Waals surface area contributed by atoms with Crippen LogP contribution in [0.2, 0.25) is 0 Å². The molecule has 1 unspecified atom stereocenters. The molecule has 0 spiro atoms. The van der Waals surface area contributed by atoms with Crippen LogP contribution in [0.4, 0.5) is 0 Å². The van der Waals surface area contributed by atoms with Gasteiger partial charge in [-0.25, -0.2) is 0 Å². The van der Waals surface area contributed by atoms with Gasteiger partial charge in [-0.05, 0) is 52.6 Å². The van der Waals surface area contributed by atoms with Crippen LogP contribution in [0.1, 0.15) is 39.5 Å². The Bertz CT molecular complexity index is 148. The number of nitrogens with one attached hydrogen (secondary N) is 1. The van der Waals surface area contributed by atoms with Crippen LogP contribution in [0.3, 0.4) is 0 Å². The minimum atomic E-state index is 0.648. The molecule has 1 saturated carbocycles. The Kier molecular flexibility index (Phi) is 4.90. The fraction of sp³-hybridized carbons (Fsp3) is 1.00. The summed E-state index contributed by atoms with van der Waals surface area (Å²) in [7, 11) is 4.30. The van der Waals surface area contributed by atoms with Crippen molar-refractivity contribution in [1.82, 2.24) is 10.2 Å². The van der Waals surface area contributed by atoms with Gasteiger partial charge in [0.2, 0.25) is 0 Å². The largest absolute Gasteiger partial charge is 0.312 e. The smallest absolute Gasteiger partial charge is 0.0186 e. The molecule has 1 fully saturated rings. The van der Waals surface area contributed by atoms with E-state index in [4.69, 9.17) is 0 Å². The van der Waals surface area contributed by atoms with E-state index >= 15 is 0 Å². The molecule has 14 heavy (non-hydrogen) atoms. The average molecular weight is 198 g/mol. The Labute approximate surface area is 89.1 Å². The third-order valence-corrected chi connectivity index (χ3v) is 3.60. The van der Waals surface area contributed by atoms with Gasteiger partial charge >= 0.3 is 0 Å². The number of nitrogens with zero attached hydrogens (tertiary/aromatic N) is 1. The quantitative estimate of drug-likeness (QED) is 0.744. The van der Waals surface area contributed by atoms with Crippen molar-refractivity contribution in [2.24, 2.45) is 5.92 Å². The fourth-order valence-electron chi connectivity index (χ4n) is 1.98. The highest BCUT2D eigenvalue weighted by atomic mass is 15.1. The summed E-state index contributed by atoms with van der Waals surface area (Å²) >= 11 is 0. The molecule has 0 saturated heterocycles. The molecule has 0 heterocycles. The maximum Gasteiger partial charge on any atom is 0.0186 e. The van der Waals surface area contributed by atoms with Gasteiger partial charge in [-0.15, -0.1) is 0 Å². The van der Waals surface area contributed by atoms with E-state index in [2.05, 4.69) is 38.2 Å². The second-order valence-electron chi connectivity index (χ2n) is 5.18. The van der Waals surface area contributed by atoms with Gasteiger partial charge in [0.1, 0.15) is 0 Å². The lowest BCUT2D eigenvalue weighted by molar-refractivity contribution is 0.260. The predicted molar refractivity (Wildman–Crippen MR) is 62.6 cm³/mol. The molecule has 0 bridgehead atoms. The van der Waals surface area contributed by atoms with Crippen molar-refractivity contribution >= 4 is 0 Å². The van der Waals surface area contributed by atoms with Crippen molar-refractivity contribution in [3.05, 3.63) is 0 Å². The maximum atomic E-state index is 3.68. The summed E-state index contributed by atoms with van der Waals surface area (Å²) in [5.41, 5.74) is 0. The van der Waals surface area contributed by atoms with E-state index in [0.29, 0.717) is 6.04 Å². The van der Waals surface area contributed by atoms with Crippen LogP contribution in [0.25, 0.3) is 0 Å². The normalized spacial score (nSPS) is 30.6. The molecular formula is C12H26N2. The molecule has 2 nitrogen and oxygen atoms in total. The van der Waals surface area contributed by atoms with Gasteiger partial charge in [0.05, 0.1) is 0 Å². The Morgan fingerprint density at radius 1 is 1.21 bits per heavy atom. The van der Waals surface area contributed by atoms with E-state index in [1.807, 2.05) is 0 Å². The van der Waals surface area contributed by atoms with Crippen LogP contribution < -0.4 is 5.32 Å². The molecule has 0 amide bonds. The summed E-state index contributed by atoms with van der Waals surface area (Å²) in [6.07, 6.45) is 5.57. The number of likely N-dealkylation sites (N-methyl/N-ethyl adjacent to an activating group) is 1. The minimum Gasteiger partial charge on any atom is -0.312 e. The lowest BCUT2D eigenvalue weighted by Gasteiger charge is -2.29. The van der Waals surface area contributed by atoms with Gasteiger partial charge in [0.25, 0.3) is 0 Å². The molecule has 1 atom stereocenters. The Morgan fingerprint density at radius 3 is 2.29 bits per heavy atom. The number of hydrogen-bond donors (Lipinski definition) is 1. The van der Waals surface area contributed by atoms with Crippen molar-refractivity contribution in [3.63, 3.8) is 0 Å². The highest BCUT2D eigenvalue weighted by Crippen LogP contribution is 2.23. The second kappa shape index (κ2) is 5.72. The summed E-state index contributed by atoms with van der Waals surface area (Å²) in [5, 5.41) is 3.68. The topological polar surface area (TPSA) is 15.3 Å². The highest BCUT2D eigenvalue weighted by molar-refractivity contribution is 4.76. The lowest BCUT2D eigenvalue weighted by Crippen LogP contribution is -2.41. The summed E-state index contributed by atoms with van der Waals surface area (Å²) in [6, 6.07) is 1.43. The number of rotatable bonds is 4. The maximum absolute atomic E-state index is 3.68. The first-order valence-electron chi connectivity index (χ1n) is 5.99. The molecule has 0 aromatic rings. The molecule has 1 aliphatic rings.